The van der Waals surface area contributed by atoms with Crippen molar-refractivity contribution in [2.75, 3.05) is 17.2 Å². The van der Waals surface area contributed by atoms with Gasteiger partial charge in [-0.1, -0.05) is 0 Å². The molecule has 2 amide bonds. The third kappa shape index (κ3) is 4.02. The largest absolute Gasteiger partial charge is 0.459 e. The van der Waals surface area contributed by atoms with Gasteiger partial charge in [-0.2, -0.15) is 0 Å². The van der Waals surface area contributed by atoms with E-state index < -0.39 is 0 Å². The lowest BCUT2D eigenvalue weighted by atomic mass is 9.92. The fraction of sp³-hybridized carbons (Fsp3) is 0.333. The zero-order valence-electron chi connectivity index (χ0n) is 13.5. The molecule has 1 saturated heterocycles. The van der Waals surface area contributed by atoms with Gasteiger partial charge in [-0.05, 0) is 62.7 Å². The van der Waals surface area contributed by atoms with Crippen LogP contribution in [0.2, 0.25) is 0 Å². The zero-order chi connectivity index (χ0) is 16.9. The van der Waals surface area contributed by atoms with Gasteiger partial charge in [0.1, 0.15) is 0 Å². The molecule has 2 atom stereocenters. The van der Waals surface area contributed by atoms with E-state index >= 15 is 0 Å². The van der Waals surface area contributed by atoms with Crippen LogP contribution in [0.15, 0.2) is 47.1 Å². The summed E-state index contributed by atoms with van der Waals surface area (Å²) in [6, 6.07) is 10.7. The number of piperidine rings is 1. The summed E-state index contributed by atoms with van der Waals surface area (Å²) in [5.41, 5.74) is 1.37. The number of anilines is 2. The van der Waals surface area contributed by atoms with Gasteiger partial charge in [0.15, 0.2) is 5.76 Å². The molecule has 0 unspecified atom stereocenters. The molecular weight excluding hydrogens is 306 g/mol. The molecule has 1 aromatic heterocycles. The van der Waals surface area contributed by atoms with E-state index in [-0.39, 0.29) is 23.5 Å². The normalized spacial score (nSPS) is 20.4. The number of furan rings is 1. The number of benzene rings is 1. The van der Waals surface area contributed by atoms with Crippen molar-refractivity contribution in [3.8, 4) is 0 Å². The first kappa shape index (κ1) is 16.3. The van der Waals surface area contributed by atoms with Crippen LogP contribution in [0.4, 0.5) is 11.4 Å². The minimum absolute atomic E-state index is 0.0413. The van der Waals surface area contributed by atoms with Gasteiger partial charge in [0.25, 0.3) is 5.91 Å². The Hall–Kier alpha value is -2.60. The molecule has 0 saturated carbocycles. The smallest absolute Gasteiger partial charge is 0.291 e. The first-order chi connectivity index (χ1) is 11.6. The van der Waals surface area contributed by atoms with Gasteiger partial charge in [0.2, 0.25) is 5.91 Å². The van der Waals surface area contributed by atoms with E-state index in [9.17, 15) is 9.59 Å². The Balaban J connectivity index is 1.56. The Morgan fingerprint density at radius 1 is 1.12 bits per heavy atom. The second-order valence-corrected chi connectivity index (χ2v) is 6.07. The van der Waals surface area contributed by atoms with Crippen molar-refractivity contribution >= 4 is 23.2 Å². The van der Waals surface area contributed by atoms with Crippen LogP contribution in [0.25, 0.3) is 0 Å². The molecule has 1 aromatic carbocycles. The van der Waals surface area contributed by atoms with Crippen LogP contribution >= 0.6 is 0 Å². The summed E-state index contributed by atoms with van der Waals surface area (Å²) >= 11 is 0. The maximum atomic E-state index is 12.3. The summed E-state index contributed by atoms with van der Waals surface area (Å²) in [7, 11) is 0. The summed E-state index contributed by atoms with van der Waals surface area (Å²) in [5.74, 6) is 0.0446. The van der Waals surface area contributed by atoms with Gasteiger partial charge in [-0.25, -0.2) is 0 Å². The average molecular weight is 327 g/mol. The summed E-state index contributed by atoms with van der Waals surface area (Å²) < 4.78 is 5.05. The quantitative estimate of drug-likeness (QED) is 0.806. The maximum Gasteiger partial charge on any atom is 0.291 e. The highest BCUT2D eigenvalue weighted by molar-refractivity contribution is 6.02. The number of nitrogens with one attached hydrogen (secondary N) is 3. The van der Waals surface area contributed by atoms with Crippen LogP contribution < -0.4 is 16.0 Å². The Labute approximate surface area is 140 Å². The second-order valence-electron chi connectivity index (χ2n) is 6.07. The van der Waals surface area contributed by atoms with Crippen LogP contribution in [0, 0.1) is 5.92 Å². The predicted molar refractivity (Wildman–Crippen MR) is 91.9 cm³/mol. The Morgan fingerprint density at radius 3 is 2.46 bits per heavy atom. The third-order valence-electron chi connectivity index (χ3n) is 4.15. The first-order valence-corrected chi connectivity index (χ1v) is 8.11. The minimum atomic E-state index is -0.305. The number of rotatable bonds is 4. The van der Waals surface area contributed by atoms with Crippen molar-refractivity contribution in [3.05, 3.63) is 48.4 Å². The van der Waals surface area contributed by atoms with E-state index in [1.165, 1.54) is 6.26 Å². The molecule has 2 aromatic rings. The van der Waals surface area contributed by atoms with Crippen molar-refractivity contribution in [1.29, 1.82) is 0 Å². The molecule has 0 bridgehead atoms. The predicted octanol–water partition coefficient (Wildman–Crippen LogP) is 2.86. The van der Waals surface area contributed by atoms with Gasteiger partial charge in [0, 0.05) is 23.3 Å². The van der Waals surface area contributed by atoms with Crippen LogP contribution in [-0.4, -0.2) is 24.4 Å². The van der Waals surface area contributed by atoms with Crippen molar-refractivity contribution in [2.45, 2.75) is 25.8 Å². The summed E-state index contributed by atoms with van der Waals surface area (Å²) in [4.78, 5) is 24.2. The molecule has 6 heteroatoms. The standard InChI is InChI=1S/C18H21N3O3/c1-12-11-13(8-9-19-12)17(22)20-14-4-6-15(7-5-14)21-18(23)16-3-2-10-24-16/h2-7,10,12-13,19H,8-9,11H2,1H3,(H,20,22)(H,21,23)/t12-,13-/m0/s1. The van der Waals surface area contributed by atoms with E-state index in [2.05, 4.69) is 22.9 Å². The van der Waals surface area contributed by atoms with Crippen LogP contribution in [0.1, 0.15) is 30.3 Å². The Bertz CT molecular complexity index is 695. The van der Waals surface area contributed by atoms with E-state index in [0.717, 1.165) is 25.1 Å². The molecule has 2 heterocycles. The molecule has 126 valence electrons. The van der Waals surface area contributed by atoms with E-state index in [1.807, 2.05) is 0 Å². The van der Waals surface area contributed by atoms with Gasteiger partial charge in [-0.3, -0.25) is 9.59 Å². The van der Waals surface area contributed by atoms with E-state index in [4.69, 9.17) is 4.42 Å². The van der Waals surface area contributed by atoms with E-state index in [0.29, 0.717) is 11.7 Å². The van der Waals surface area contributed by atoms with Gasteiger partial charge >= 0.3 is 0 Å². The molecule has 3 rings (SSSR count). The fourth-order valence-corrected chi connectivity index (χ4v) is 2.85. The maximum absolute atomic E-state index is 12.3. The summed E-state index contributed by atoms with van der Waals surface area (Å²) in [6.45, 7) is 2.97. The van der Waals surface area contributed by atoms with Gasteiger partial charge in [0.05, 0.1) is 6.26 Å². The van der Waals surface area contributed by atoms with Crippen LogP contribution in [-0.2, 0) is 4.79 Å². The molecule has 24 heavy (non-hydrogen) atoms. The van der Waals surface area contributed by atoms with E-state index in [1.54, 1.807) is 36.4 Å². The molecule has 1 aliphatic rings. The Morgan fingerprint density at radius 2 is 1.83 bits per heavy atom. The molecule has 0 spiro atoms. The van der Waals surface area contributed by atoms with Crippen molar-refractivity contribution < 1.29 is 14.0 Å². The average Bonchev–Trinajstić information content (AvgIpc) is 3.11. The van der Waals surface area contributed by atoms with Crippen molar-refractivity contribution in [3.63, 3.8) is 0 Å². The molecule has 1 aliphatic heterocycles. The first-order valence-electron chi connectivity index (χ1n) is 8.11. The van der Waals surface area contributed by atoms with Crippen molar-refractivity contribution in [2.24, 2.45) is 5.92 Å². The van der Waals surface area contributed by atoms with Crippen LogP contribution in [0.3, 0.4) is 0 Å². The molecule has 0 aliphatic carbocycles. The lowest BCUT2D eigenvalue weighted by Gasteiger charge is -2.27. The number of amides is 2. The van der Waals surface area contributed by atoms with Crippen molar-refractivity contribution in [1.82, 2.24) is 5.32 Å². The minimum Gasteiger partial charge on any atom is -0.459 e. The molecule has 1 fully saturated rings. The second kappa shape index (κ2) is 7.31. The van der Waals surface area contributed by atoms with Crippen LogP contribution in [0.5, 0.6) is 0 Å². The number of carbonyl (C=O) groups excluding carboxylic acids is 2. The number of hydrogen-bond acceptors (Lipinski definition) is 4. The highest BCUT2D eigenvalue weighted by Crippen LogP contribution is 2.20. The zero-order valence-corrected chi connectivity index (χ0v) is 13.5. The highest BCUT2D eigenvalue weighted by Gasteiger charge is 2.24. The summed E-state index contributed by atoms with van der Waals surface area (Å²) in [5, 5.41) is 9.02. The third-order valence-corrected chi connectivity index (χ3v) is 4.15. The van der Waals surface area contributed by atoms with Gasteiger partial charge in [-0.15, -0.1) is 0 Å². The number of hydrogen-bond donors (Lipinski definition) is 3. The fourth-order valence-electron chi connectivity index (χ4n) is 2.85. The highest BCUT2D eigenvalue weighted by atomic mass is 16.3. The molecule has 6 nitrogen and oxygen atoms in total. The molecule has 3 N–H and O–H groups in total. The monoisotopic (exact) mass is 327 g/mol. The topological polar surface area (TPSA) is 83.4 Å². The molecule has 0 radical (unpaired) electrons. The Kier molecular flexibility index (Phi) is 4.96. The lowest BCUT2D eigenvalue weighted by Crippen LogP contribution is -2.40. The molecular formula is C18H21N3O3. The summed E-state index contributed by atoms with van der Waals surface area (Å²) in [6.07, 6.45) is 3.16. The van der Waals surface area contributed by atoms with Gasteiger partial charge < -0.3 is 20.4 Å². The lowest BCUT2D eigenvalue weighted by molar-refractivity contribution is -0.120. The SMILES string of the molecule is C[C@H]1C[C@@H](C(=O)Nc2ccc(NC(=O)c3ccco3)cc2)CCN1. The number of carbonyl (C=O) groups is 2.